The molecule has 1 heterocycles. The molecule has 150 valence electrons. The van der Waals surface area contributed by atoms with Gasteiger partial charge in [-0.15, -0.1) is 0 Å². The van der Waals surface area contributed by atoms with Crippen LogP contribution in [-0.4, -0.2) is 41.2 Å². The lowest BCUT2D eigenvalue weighted by atomic mass is 10.1. The third kappa shape index (κ3) is 4.48. The van der Waals surface area contributed by atoms with E-state index in [1.54, 1.807) is 30.3 Å². The number of esters is 1. The second kappa shape index (κ2) is 8.64. The second-order valence-corrected chi connectivity index (χ2v) is 6.45. The van der Waals surface area contributed by atoms with Crippen molar-refractivity contribution in [2.45, 2.75) is 19.8 Å². The molecule has 0 aliphatic rings. The van der Waals surface area contributed by atoms with Crippen molar-refractivity contribution >= 4 is 28.7 Å². The summed E-state index contributed by atoms with van der Waals surface area (Å²) in [4.78, 5) is 35.5. The van der Waals surface area contributed by atoms with Gasteiger partial charge in [-0.2, -0.15) is 9.78 Å². The number of carbonyl (C=O) groups excluding carboxylic acids is 3. The molecule has 1 N–H and O–H groups in total. The third-order valence-electron chi connectivity index (χ3n) is 4.43. The van der Waals surface area contributed by atoms with Gasteiger partial charge in [0.25, 0.3) is 5.91 Å². The smallest absolute Gasteiger partial charge is 0.305 e. The summed E-state index contributed by atoms with van der Waals surface area (Å²) < 4.78 is 19.1. The normalized spacial score (nSPS) is 10.7. The molecule has 0 radical (unpaired) electrons. The monoisotopic (exact) mass is 397 g/mol. The zero-order chi connectivity index (χ0) is 21.0. The molecule has 0 fully saturated rings. The van der Waals surface area contributed by atoms with Crippen molar-refractivity contribution < 1.29 is 23.5 Å². The van der Waals surface area contributed by atoms with Gasteiger partial charge < -0.3 is 10.1 Å². The molecule has 0 aliphatic carbocycles. The molecule has 0 spiro atoms. The fraction of sp³-hybridized carbons (Fsp3) is 0.238. The van der Waals surface area contributed by atoms with E-state index >= 15 is 0 Å². The van der Waals surface area contributed by atoms with Gasteiger partial charge in [0.05, 0.1) is 12.6 Å². The van der Waals surface area contributed by atoms with Crippen LogP contribution in [0.5, 0.6) is 0 Å². The maximum Gasteiger partial charge on any atom is 0.305 e. The number of carbonyl (C=O) groups is 3. The van der Waals surface area contributed by atoms with E-state index in [1.807, 2.05) is 0 Å². The average Bonchev–Trinajstić information content (AvgIpc) is 3.10. The van der Waals surface area contributed by atoms with E-state index in [1.165, 1.54) is 30.8 Å². The molecule has 0 unspecified atom stereocenters. The van der Waals surface area contributed by atoms with Crippen LogP contribution in [0.4, 0.5) is 4.39 Å². The zero-order valence-corrected chi connectivity index (χ0v) is 16.1. The van der Waals surface area contributed by atoms with Crippen molar-refractivity contribution in [1.82, 2.24) is 15.1 Å². The third-order valence-corrected chi connectivity index (χ3v) is 4.43. The highest BCUT2D eigenvalue weighted by atomic mass is 19.1. The van der Waals surface area contributed by atoms with Crippen molar-refractivity contribution in [2.24, 2.45) is 0 Å². The molecule has 8 heteroatoms. The molecule has 2 aromatic carbocycles. The molecule has 0 bridgehead atoms. The highest BCUT2D eigenvalue weighted by Crippen LogP contribution is 2.29. The Morgan fingerprint density at radius 3 is 2.52 bits per heavy atom. The van der Waals surface area contributed by atoms with E-state index in [0.717, 1.165) is 0 Å². The van der Waals surface area contributed by atoms with E-state index in [9.17, 15) is 18.8 Å². The molecule has 7 nitrogen and oxygen atoms in total. The first-order chi connectivity index (χ1) is 13.9. The van der Waals surface area contributed by atoms with Gasteiger partial charge in [0.2, 0.25) is 5.91 Å². The number of methoxy groups -OCH3 is 1. The van der Waals surface area contributed by atoms with Crippen LogP contribution in [0.25, 0.3) is 22.2 Å². The molecule has 0 saturated carbocycles. The Morgan fingerprint density at radius 1 is 1.14 bits per heavy atom. The standard InChI is InChI=1S/C21H20FN3O4/c1-13(26)25-18-10-7-15(21(28)23-11-3-4-19(27)29-2)12-17(18)20(24-25)14-5-8-16(22)9-6-14/h5-10,12H,3-4,11H2,1-2H3,(H,23,28). The Morgan fingerprint density at radius 2 is 1.86 bits per heavy atom. The number of nitrogens with zero attached hydrogens (tertiary/aromatic N) is 2. The first-order valence-electron chi connectivity index (χ1n) is 9.05. The number of nitrogens with one attached hydrogen (secondary N) is 1. The Labute approximate surface area is 166 Å². The van der Waals surface area contributed by atoms with Gasteiger partial charge in [0, 0.05) is 36.4 Å². The molecule has 1 aromatic heterocycles. The van der Waals surface area contributed by atoms with Crippen LogP contribution in [0.2, 0.25) is 0 Å². The molecule has 0 saturated heterocycles. The van der Waals surface area contributed by atoms with Gasteiger partial charge in [-0.05, 0) is 48.9 Å². The first kappa shape index (κ1) is 20.2. The van der Waals surface area contributed by atoms with Crippen molar-refractivity contribution in [3.05, 3.63) is 53.8 Å². The van der Waals surface area contributed by atoms with E-state index < -0.39 is 0 Å². The fourth-order valence-electron chi connectivity index (χ4n) is 2.96. The molecule has 0 atom stereocenters. The van der Waals surface area contributed by atoms with E-state index in [0.29, 0.717) is 40.7 Å². The Hall–Kier alpha value is -3.55. The molecule has 1 amide bonds. The number of rotatable bonds is 6. The first-order valence-corrected chi connectivity index (χ1v) is 9.05. The molecule has 3 aromatic rings. The number of amides is 1. The highest BCUT2D eigenvalue weighted by Gasteiger charge is 2.17. The van der Waals surface area contributed by atoms with E-state index in [4.69, 9.17) is 0 Å². The number of fused-ring (bicyclic) bond motifs is 1. The summed E-state index contributed by atoms with van der Waals surface area (Å²) in [6.45, 7) is 1.71. The molecular formula is C21H20FN3O4. The van der Waals surface area contributed by atoms with Crippen LogP contribution >= 0.6 is 0 Å². The summed E-state index contributed by atoms with van der Waals surface area (Å²) in [7, 11) is 1.32. The van der Waals surface area contributed by atoms with E-state index in [2.05, 4.69) is 15.2 Å². The summed E-state index contributed by atoms with van der Waals surface area (Å²) in [5.74, 6) is -1.29. The second-order valence-electron chi connectivity index (χ2n) is 6.45. The summed E-state index contributed by atoms with van der Waals surface area (Å²) in [5.41, 5.74) is 2.06. The lowest BCUT2D eigenvalue weighted by Crippen LogP contribution is -2.25. The van der Waals surface area contributed by atoms with Crippen LogP contribution in [0.15, 0.2) is 42.5 Å². The van der Waals surface area contributed by atoms with Crippen LogP contribution in [0, 0.1) is 5.82 Å². The zero-order valence-electron chi connectivity index (χ0n) is 16.1. The number of hydrogen-bond donors (Lipinski definition) is 1. The maximum absolute atomic E-state index is 13.3. The largest absolute Gasteiger partial charge is 0.469 e. The maximum atomic E-state index is 13.3. The Bertz CT molecular complexity index is 1070. The number of hydrogen-bond acceptors (Lipinski definition) is 5. The van der Waals surface area contributed by atoms with Crippen LogP contribution in [-0.2, 0) is 9.53 Å². The van der Waals surface area contributed by atoms with Crippen molar-refractivity contribution in [3.63, 3.8) is 0 Å². The fourth-order valence-corrected chi connectivity index (χ4v) is 2.96. The summed E-state index contributed by atoms with van der Waals surface area (Å²) in [5, 5.41) is 7.71. The Kier molecular flexibility index (Phi) is 6.01. The lowest BCUT2D eigenvalue weighted by Gasteiger charge is -2.06. The molecule has 29 heavy (non-hydrogen) atoms. The number of aromatic nitrogens is 2. The number of ether oxygens (including phenoxy) is 1. The van der Waals surface area contributed by atoms with Crippen LogP contribution in [0.1, 0.15) is 34.9 Å². The SMILES string of the molecule is COC(=O)CCCNC(=O)c1ccc2c(c1)c(-c1ccc(F)cc1)nn2C(C)=O. The minimum atomic E-state index is -0.379. The quantitative estimate of drug-likeness (QED) is 0.510. The topological polar surface area (TPSA) is 90.3 Å². The van der Waals surface area contributed by atoms with E-state index in [-0.39, 0.29) is 30.0 Å². The number of benzene rings is 2. The predicted octanol–water partition coefficient (Wildman–Crippen LogP) is 3.19. The van der Waals surface area contributed by atoms with Gasteiger partial charge in [-0.25, -0.2) is 4.39 Å². The Balaban J connectivity index is 1.90. The van der Waals surface area contributed by atoms with Gasteiger partial charge in [-0.1, -0.05) is 0 Å². The van der Waals surface area contributed by atoms with Crippen molar-refractivity contribution in [3.8, 4) is 11.3 Å². The molecule has 3 rings (SSSR count). The van der Waals surface area contributed by atoms with Gasteiger partial charge >= 0.3 is 5.97 Å². The molecular weight excluding hydrogens is 377 g/mol. The minimum Gasteiger partial charge on any atom is -0.469 e. The number of halogens is 1. The summed E-state index contributed by atoms with van der Waals surface area (Å²) in [6.07, 6.45) is 0.680. The van der Waals surface area contributed by atoms with Crippen LogP contribution < -0.4 is 5.32 Å². The van der Waals surface area contributed by atoms with Gasteiger partial charge in [-0.3, -0.25) is 14.4 Å². The van der Waals surface area contributed by atoms with Crippen molar-refractivity contribution in [2.75, 3.05) is 13.7 Å². The predicted molar refractivity (Wildman–Crippen MR) is 105 cm³/mol. The van der Waals surface area contributed by atoms with Crippen molar-refractivity contribution in [1.29, 1.82) is 0 Å². The lowest BCUT2D eigenvalue weighted by molar-refractivity contribution is -0.140. The van der Waals surface area contributed by atoms with Crippen LogP contribution in [0.3, 0.4) is 0 Å². The molecule has 0 aliphatic heterocycles. The average molecular weight is 397 g/mol. The van der Waals surface area contributed by atoms with Gasteiger partial charge in [0.15, 0.2) is 0 Å². The highest BCUT2D eigenvalue weighted by molar-refractivity contribution is 6.03. The minimum absolute atomic E-state index is 0.218. The summed E-state index contributed by atoms with van der Waals surface area (Å²) in [6, 6.07) is 10.7. The van der Waals surface area contributed by atoms with Gasteiger partial charge in [0.1, 0.15) is 11.5 Å². The summed E-state index contributed by atoms with van der Waals surface area (Å²) >= 11 is 0.